The van der Waals surface area contributed by atoms with Crippen molar-refractivity contribution < 1.29 is 9.53 Å². The molecule has 7 heteroatoms. The van der Waals surface area contributed by atoms with Gasteiger partial charge in [-0.05, 0) is 37.3 Å². The summed E-state index contributed by atoms with van der Waals surface area (Å²) in [5.41, 5.74) is 5.93. The van der Waals surface area contributed by atoms with E-state index in [-0.39, 0.29) is 11.7 Å². The monoisotopic (exact) mass is 421 g/mol. The van der Waals surface area contributed by atoms with E-state index in [1.54, 1.807) is 17.7 Å². The first-order valence-electron chi connectivity index (χ1n) is 9.69. The molecule has 29 heavy (non-hydrogen) atoms. The summed E-state index contributed by atoms with van der Waals surface area (Å²) < 4.78 is 6.05. The third-order valence-corrected chi connectivity index (χ3v) is 7.29. The Kier molecular flexibility index (Phi) is 4.93. The number of aryl methyl sites for hydroxylation is 1. The Balaban J connectivity index is 1.66. The minimum absolute atomic E-state index is 0.226. The molecule has 0 unspecified atom stereocenters. The molecule has 3 aromatic heterocycles. The first kappa shape index (κ1) is 18.5. The molecule has 0 fully saturated rings. The van der Waals surface area contributed by atoms with E-state index >= 15 is 0 Å². The first-order chi connectivity index (χ1) is 14.3. The third-order valence-electron chi connectivity index (χ3n) is 5.12. The van der Waals surface area contributed by atoms with Gasteiger partial charge < -0.3 is 4.74 Å². The fraction of sp³-hybridized carbons (Fsp3) is 0.273. The molecule has 0 saturated carbocycles. The zero-order valence-electron chi connectivity index (χ0n) is 16.0. The van der Waals surface area contributed by atoms with Crippen LogP contribution >= 0.6 is 23.1 Å². The van der Waals surface area contributed by atoms with Crippen molar-refractivity contribution in [2.45, 2.75) is 31.2 Å². The number of thioether (sulfide) groups is 1. The third kappa shape index (κ3) is 3.28. The van der Waals surface area contributed by atoms with Crippen LogP contribution in [-0.4, -0.2) is 33.3 Å². The van der Waals surface area contributed by atoms with Crippen LogP contribution in [0.2, 0.25) is 0 Å². The van der Waals surface area contributed by atoms with Gasteiger partial charge in [0, 0.05) is 10.9 Å². The number of nitrogens with zero attached hydrogens (tertiary/aromatic N) is 3. The summed E-state index contributed by atoms with van der Waals surface area (Å²) in [5, 5.41) is 1.98. The number of hydrogen-bond donors (Lipinski definition) is 0. The van der Waals surface area contributed by atoms with Crippen LogP contribution in [-0.2, 0) is 22.4 Å². The molecule has 0 saturated heterocycles. The number of thiophene rings is 1. The number of aromatic nitrogens is 3. The van der Waals surface area contributed by atoms with Crippen LogP contribution < -0.4 is 0 Å². The average Bonchev–Trinajstić information content (AvgIpc) is 3.37. The molecular formula is C22H19N3O2S2. The molecule has 5 nitrogen and oxygen atoms in total. The number of carbonyl (C=O) groups is 1. The molecule has 0 atom stereocenters. The Labute approximate surface area is 176 Å². The van der Waals surface area contributed by atoms with Gasteiger partial charge in [0.2, 0.25) is 0 Å². The van der Waals surface area contributed by atoms with Crippen molar-refractivity contribution in [3.8, 4) is 11.3 Å². The van der Waals surface area contributed by atoms with Gasteiger partial charge in [0.1, 0.15) is 16.2 Å². The van der Waals surface area contributed by atoms with Crippen LogP contribution in [0.5, 0.6) is 0 Å². The maximum atomic E-state index is 11.8. The molecule has 4 aromatic rings. The van der Waals surface area contributed by atoms with Crippen molar-refractivity contribution in [2.75, 3.05) is 12.4 Å². The number of esters is 1. The number of hydrogen-bond acceptors (Lipinski definition) is 7. The second kappa shape index (κ2) is 7.72. The highest BCUT2D eigenvalue weighted by Gasteiger charge is 2.25. The van der Waals surface area contributed by atoms with Gasteiger partial charge in [-0.25, -0.2) is 15.0 Å². The lowest BCUT2D eigenvalue weighted by Gasteiger charge is -2.09. The zero-order chi connectivity index (χ0) is 19.8. The molecule has 0 spiro atoms. The molecule has 0 N–H and O–H groups in total. The van der Waals surface area contributed by atoms with E-state index < -0.39 is 0 Å². The van der Waals surface area contributed by atoms with E-state index in [0.29, 0.717) is 6.61 Å². The predicted molar refractivity (Wildman–Crippen MR) is 118 cm³/mol. The molecule has 3 heterocycles. The highest BCUT2D eigenvalue weighted by molar-refractivity contribution is 8.00. The Morgan fingerprint density at radius 1 is 1.17 bits per heavy atom. The van der Waals surface area contributed by atoms with Gasteiger partial charge in [-0.3, -0.25) is 4.79 Å². The number of carbonyl (C=O) groups excluding carboxylic acids is 1. The van der Waals surface area contributed by atoms with Crippen LogP contribution in [0.4, 0.5) is 0 Å². The van der Waals surface area contributed by atoms with Crippen LogP contribution in [0, 0.1) is 0 Å². The Morgan fingerprint density at radius 2 is 2.00 bits per heavy atom. The molecule has 0 radical (unpaired) electrons. The fourth-order valence-electron chi connectivity index (χ4n) is 3.94. The van der Waals surface area contributed by atoms with E-state index in [0.717, 1.165) is 56.0 Å². The maximum absolute atomic E-state index is 11.8. The summed E-state index contributed by atoms with van der Waals surface area (Å²) in [6.07, 6.45) is 4.84. The standard InChI is InChI=1S/C22H19N3O2S2/c1-2-27-16(26)11-28-22-20-19(23-12-24-22)17-14-9-6-10-15(14)18(25-21(17)29-20)13-7-4-3-5-8-13/h3-5,7-8,12H,2,6,9-11H2,1H3. The van der Waals surface area contributed by atoms with Gasteiger partial charge in [-0.1, -0.05) is 42.1 Å². The van der Waals surface area contributed by atoms with E-state index in [1.165, 1.54) is 22.9 Å². The summed E-state index contributed by atoms with van der Waals surface area (Å²) in [5.74, 6) is 0.0189. The van der Waals surface area contributed by atoms with Crippen molar-refractivity contribution in [3.63, 3.8) is 0 Å². The quantitative estimate of drug-likeness (QED) is 0.255. The van der Waals surface area contributed by atoms with E-state index in [2.05, 4.69) is 34.2 Å². The van der Waals surface area contributed by atoms with Crippen LogP contribution in [0.25, 0.3) is 31.7 Å². The van der Waals surface area contributed by atoms with Gasteiger partial charge in [0.25, 0.3) is 0 Å². The van der Waals surface area contributed by atoms with Gasteiger partial charge in [-0.2, -0.15) is 0 Å². The SMILES string of the molecule is CCOC(=O)CSc1ncnc2c1sc1nc(-c3ccccc3)c3c(c12)CCC3. The Morgan fingerprint density at radius 3 is 2.83 bits per heavy atom. The lowest BCUT2D eigenvalue weighted by Crippen LogP contribution is -2.06. The van der Waals surface area contributed by atoms with E-state index in [9.17, 15) is 4.79 Å². The summed E-state index contributed by atoms with van der Waals surface area (Å²) in [6, 6.07) is 10.4. The van der Waals surface area contributed by atoms with Crippen molar-refractivity contribution in [1.82, 2.24) is 15.0 Å². The van der Waals surface area contributed by atoms with Crippen LogP contribution in [0.1, 0.15) is 24.5 Å². The molecule has 0 amide bonds. The van der Waals surface area contributed by atoms with Crippen molar-refractivity contribution >= 4 is 49.5 Å². The topological polar surface area (TPSA) is 65.0 Å². The summed E-state index contributed by atoms with van der Waals surface area (Å²) in [6.45, 7) is 2.20. The fourth-order valence-corrected chi connectivity index (χ4v) is 5.98. The average molecular weight is 422 g/mol. The molecule has 0 aliphatic heterocycles. The summed E-state index contributed by atoms with van der Waals surface area (Å²) >= 11 is 3.02. The van der Waals surface area contributed by atoms with Crippen LogP contribution in [0.3, 0.4) is 0 Å². The first-order valence-corrected chi connectivity index (χ1v) is 11.5. The number of ether oxygens (including phenoxy) is 1. The highest BCUT2D eigenvalue weighted by atomic mass is 32.2. The van der Waals surface area contributed by atoms with Gasteiger partial charge in [0.05, 0.1) is 28.3 Å². The molecule has 1 aliphatic rings. The predicted octanol–water partition coefficient (Wildman–Crippen LogP) is 5.05. The molecule has 0 bridgehead atoms. The smallest absolute Gasteiger partial charge is 0.316 e. The van der Waals surface area contributed by atoms with Crippen molar-refractivity contribution in [1.29, 1.82) is 0 Å². The highest BCUT2D eigenvalue weighted by Crippen LogP contribution is 2.43. The summed E-state index contributed by atoms with van der Waals surface area (Å²) in [4.78, 5) is 26.9. The number of benzene rings is 1. The number of pyridine rings is 1. The van der Waals surface area contributed by atoms with Gasteiger partial charge in [-0.15, -0.1) is 11.3 Å². The minimum atomic E-state index is -0.226. The van der Waals surface area contributed by atoms with Crippen LogP contribution in [0.15, 0.2) is 41.7 Å². The van der Waals surface area contributed by atoms with E-state index in [1.807, 2.05) is 13.0 Å². The van der Waals surface area contributed by atoms with E-state index in [4.69, 9.17) is 9.72 Å². The van der Waals surface area contributed by atoms with Gasteiger partial charge in [0.15, 0.2) is 0 Å². The number of fused-ring (bicyclic) bond motifs is 5. The normalized spacial score (nSPS) is 13.1. The van der Waals surface area contributed by atoms with Crippen molar-refractivity contribution in [3.05, 3.63) is 47.8 Å². The zero-order valence-corrected chi connectivity index (χ0v) is 17.6. The second-order valence-corrected chi connectivity index (χ2v) is 8.83. The molecular weight excluding hydrogens is 402 g/mol. The Hall–Kier alpha value is -2.51. The summed E-state index contributed by atoms with van der Waals surface area (Å²) in [7, 11) is 0. The second-order valence-electron chi connectivity index (χ2n) is 6.87. The molecule has 146 valence electrons. The minimum Gasteiger partial charge on any atom is -0.465 e. The lowest BCUT2D eigenvalue weighted by atomic mass is 10.0. The lowest BCUT2D eigenvalue weighted by molar-refractivity contribution is -0.139. The van der Waals surface area contributed by atoms with Gasteiger partial charge >= 0.3 is 5.97 Å². The largest absolute Gasteiger partial charge is 0.465 e. The molecule has 1 aliphatic carbocycles. The number of rotatable bonds is 5. The van der Waals surface area contributed by atoms with Crippen molar-refractivity contribution in [2.24, 2.45) is 0 Å². The molecule has 5 rings (SSSR count). The maximum Gasteiger partial charge on any atom is 0.316 e. The Bertz CT molecular complexity index is 1220. The molecule has 1 aromatic carbocycles.